The highest BCUT2D eigenvalue weighted by Gasteiger charge is 2.28. The summed E-state index contributed by atoms with van der Waals surface area (Å²) in [5.74, 6) is 0.210. The highest BCUT2D eigenvalue weighted by molar-refractivity contribution is 14.0. The summed E-state index contributed by atoms with van der Waals surface area (Å²) in [6, 6.07) is 9.55. The van der Waals surface area contributed by atoms with Gasteiger partial charge in [-0.25, -0.2) is 14.4 Å². The molecule has 5 nitrogen and oxygen atoms in total. The second kappa shape index (κ2) is 12.5. The van der Waals surface area contributed by atoms with Gasteiger partial charge in [0, 0.05) is 25.4 Å². The molecule has 0 radical (unpaired) electrons. The lowest BCUT2D eigenvalue weighted by Crippen LogP contribution is -2.38. The van der Waals surface area contributed by atoms with Crippen LogP contribution in [0.2, 0.25) is 0 Å². The van der Waals surface area contributed by atoms with Gasteiger partial charge in [-0.2, -0.15) is 13.2 Å². The molecule has 0 aliphatic heterocycles. The van der Waals surface area contributed by atoms with Crippen LogP contribution >= 0.6 is 24.0 Å². The minimum Gasteiger partial charge on any atom is -0.468 e. The van der Waals surface area contributed by atoms with E-state index in [1.165, 1.54) is 18.3 Å². The molecular weight excluding hydrogens is 503 g/mol. The molecule has 2 aromatic rings. The molecule has 0 unspecified atom stereocenters. The minimum atomic E-state index is -4.40. The average molecular weight is 526 g/mol. The summed E-state index contributed by atoms with van der Waals surface area (Å²) in [6.07, 6.45) is -2.48. The van der Waals surface area contributed by atoms with Crippen LogP contribution in [0.4, 0.5) is 17.6 Å². The van der Waals surface area contributed by atoms with Crippen molar-refractivity contribution >= 4 is 29.9 Å². The monoisotopic (exact) mass is 526 g/mol. The largest absolute Gasteiger partial charge is 0.468 e. The third-order valence-corrected chi connectivity index (χ3v) is 3.59. The maximum atomic E-state index is 13.6. The van der Waals surface area contributed by atoms with Gasteiger partial charge in [-0.1, -0.05) is 24.3 Å². The zero-order chi connectivity index (χ0) is 20.4. The molecule has 0 amide bonds. The number of hydrogen-bond acceptors (Lipinski definition) is 3. The predicted octanol–water partition coefficient (Wildman–Crippen LogP) is 4.08. The highest BCUT2D eigenvalue weighted by atomic mass is 127. The molecular formula is C19H23F4IN4O. The molecule has 0 aliphatic rings. The summed E-state index contributed by atoms with van der Waals surface area (Å²) in [4.78, 5) is 8.24. The van der Waals surface area contributed by atoms with Crippen LogP contribution in [0.3, 0.4) is 0 Å². The van der Waals surface area contributed by atoms with Crippen molar-refractivity contribution < 1.29 is 22.3 Å². The fraction of sp³-hybridized carbons (Fsp3) is 0.368. The van der Waals surface area contributed by atoms with Gasteiger partial charge in [0.15, 0.2) is 12.6 Å². The van der Waals surface area contributed by atoms with Crippen LogP contribution in [0.5, 0.6) is 5.88 Å². The van der Waals surface area contributed by atoms with Gasteiger partial charge in [-0.3, -0.25) is 0 Å². The van der Waals surface area contributed by atoms with Crippen molar-refractivity contribution in [2.75, 3.05) is 19.7 Å². The van der Waals surface area contributed by atoms with E-state index in [0.717, 1.165) is 0 Å². The smallest absolute Gasteiger partial charge is 0.422 e. The Morgan fingerprint density at radius 1 is 1.14 bits per heavy atom. The van der Waals surface area contributed by atoms with Gasteiger partial charge >= 0.3 is 6.18 Å². The number of benzene rings is 1. The zero-order valence-corrected chi connectivity index (χ0v) is 18.1. The van der Waals surface area contributed by atoms with Gasteiger partial charge in [-0.15, -0.1) is 24.0 Å². The molecule has 10 heteroatoms. The van der Waals surface area contributed by atoms with Crippen LogP contribution in [0.25, 0.3) is 0 Å². The summed E-state index contributed by atoms with van der Waals surface area (Å²) < 4.78 is 54.6. The minimum absolute atomic E-state index is 0. The Balaban J connectivity index is 0.00000420. The van der Waals surface area contributed by atoms with Crippen molar-refractivity contribution in [1.82, 2.24) is 15.6 Å². The second-order valence-electron chi connectivity index (χ2n) is 5.87. The zero-order valence-electron chi connectivity index (χ0n) is 15.8. The topological polar surface area (TPSA) is 58.5 Å². The molecule has 0 spiro atoms. The molecule has 0 atom stereocenters. The molecule has 0 fully saturated rings. The van der Waals surface area contributed by atoms with Crippen LogP contribution in [0, 0.1) is 5.82 Å². The standard InChI is InChI=1S/C19H22F4N4O.HI/c1-2-24-18(25-10-9-15-5-3-4-6-16(15)20)27-12-14-7-8-17(26-11-14)28-13-19(21,22)23;/h3-8,11H,2,9-10,12-13H2,1H3,(H2,24,25,27);1H. The number of aromatic nitrogens is 1. The lowest BCUT2D eigenvalue weighted by molar-refractivity contribution is -0.154. The molecule has 1 aromatic carbocycles. The first-order chi connectivity index (χ1) is 13.4. The summed E-state index contributed by atoms with van der Waals surface area (Å²) in [5, 5.41) is 6.19. The number of guanidine groups is 1. The number of nitrogens with zero attached hydrogens (tertiary/aromatic N) is 2. The molecule has 0 bridgehead atoms. The van der Waals surface area contributed by atoms with E-state index >= 15 is 0 Å². The SMILES string of the molecule is CCNC(=NCc1ccc(OCC(F)(F)F)nc1)NCCc1ccccc1F.I. The molecule has 0 saturated carbocycles. The Labute approximate surface area is 184 Å². The maximum absolute atomic E-state index is 13.6. The van der Waals surface area contributed by atoms with Gasteiger partial charge in [-0.05, 0) is 30.5 Å². The number of ether oxygens (including phenoxy) is 1. The molecule has 0 aliphatic carbocycles. The van der Waals surface area contributed by atoms with Crippen LogP contribution < -0.4 is 15.4 Å². The highest BCUT2D eigenvalue weighted by Crippen LogP contribution is 2.17. The first kappa shape index (κ1) is 24.9. The maximum Gasteiger partial charge on any atom is 0.422 e. The van der Waals surface area contributed by atoms with Gasteiger partial charge in [0.2, 0.25) is 5.88 Å². The van der Waals surface area contributed by atoms with Crippen LogP contribution in [0.15, 0.2) is 47.6 Å². The second-order valence-corrected chi connectivity index (χ2v) is 5.87. The molecule has 1 heterocycles. The first-order valence-corrected chi connectivity index (χ1v) is 8.77. The summed E-state index contributed by atoms with van der Waals surface area (Å²) in [5.41, 5.74) is 1.33. The predicted molar refractivity (Wildman–Crippen MR) is 114 cm³/mol. The number of rotatable bonds is 8. The normalized spacial score (nSPS) is 11.6. The van der Waals surface area contributed by atoms with Gasteiger partial charge in [0.1, 0.15) is 5.82 Å². The number of hydrogen-bond donors (Lipinski definition) is 2. The molecule has 160 valence electrons. The van der Waals surface area contributed by atoms with Gasteiger partial charge in [0.05, 0.1) is 6.54 Å². The molecule has 2 rings (SSSR count). The summed E-state index contributed by atoms with van der Waals surface area (Å²) in [6.45, 7) is 1.96. The van der Waals surface area contributed by atoms with Crippen molar-refractivity contribution in [3.63, 3.8) is 0 Å². The van der Waals surface area contributed by atoms with Crippen molar-refractivity contribution in [2.24, 2.45) is 4.99 Å². The van der Waals surface area contributed by atoms with E-state index in [-0.39, 0.29) is 42.2 Å². The fourth-order valence-electron chi connectivity index (χ4n) is 2.27. The number of pyridine rings is 1. The van der Waals surface area contributed by atoms with E-state index in [1.807, 2.05) is 6.92 Å². The number of halogens is 5. The van der Waals surface area contributed by atoms with Crippen LogP contribution in [0.1, 0.15) is 18.1 Å². The van der Waals surface area contributed by atoms with E-state index in [0.29, 0.717) is 36.6 Å². The number of aliphatic imine (C=N–C) groups is 1. The Hall–Kier alpha value is -2.11. The Morgan fingerprint density at radius 2 is 1.90 bits per heavy atom. The van der Waals surface area contributed by atoms with Crippen LogP contribution in [-0.2, 0) is 13.0 Å². The molecule has 1 aromatic heterocycles. The third-order valence-electron chi connectivity index (χ3n) is 3.59. The first-order valence-electron chi connectivity index (χ1n) is 8.77. The molecule has 2 N–H and O–H groups in total. The number of alkyl halides is 3. The molecule has 0 saturated heterocycles. The van der Waals surface area contributed by atoms with E-state index in [4.69, 9.17) is 0 Å². The quantitative estimate of drug-likeness (QED) is 0.236. The van der Waals surface area contributed by atoms with E-state index in [1.54, 1.807) is 24.3 Å². The van der Waals surface area contributed by atoms with E-state index in [9.17, 15) is 17.6 Å². The lowest BCUT2D eigenvalue weighted by atomic mass is 10.1. The Morgan fingerprint density at radius 3 is 2.52 bits per heavy atom. The van der Waals surface area contributed by atoms with E-state index < -0.39 is 12.8 Å². The molecule has 29 heavy (non-hydrogen) atoms. The van der Waals surface area contributed by atoms with E-state index in [2.05, 4.69) is 25.3 Å². The fourth-order valence-corrected chi connectivity index (χ4v) is 2.27. The van der Waals surface area contributed by atoms with Crippen molar-refractivity contribution in [3.05, 3.63) is 59.5 Å². The average Bonchev–Trinajstić information content (AvgIpc) is 2.66. The van der Waals surface area contributed by atoms with Crippen molar-refractivity contribution in [3.8, 4) is 5.88 Å². The van der Waals surface area contributed by atoms with Crippen molar-refractivity contribution in [2.45, 2.75) is 26.1 Å². The van der Waals surface area contributed by atoms with Gasteiger partial charge in [0.25, 0.3) is 0 Å². The Kier molecular flexibility index (Phi) is 10.7. The van der Waals surface area contributed by atoms with Crippen LogP contribution in [-0.4, -0.2) is 36.8 Å². The van der Waals surface area contributed by atoms with Gasteiger partial charge < -0.3 is 15.4 Å². The summed E-state index contributed by atoms with van der Waals surface area (Å²) >= 11 is 0. The number of nitrogens with one attached hydrogen (secondary N) is 2. The third kappa shape index (κ3) is 9.77. The lowest BCUT2D eigenvalue weighted by Gasteiger charge is -2.12. The Bertz CT molecular complexity index is 770. The van der Waals surface area contributed by atoms with Crippen molar-refractivity contribution in [1.29, 1.82) is 0 Å². The summed E-state index contributed by atoms with van der Waals surface area (Å²) in [7, 11) is 0.